The van der Waals surface area contributed by atoms with Gasteiger partial charge in [0.15, 0.2) is 0 Å². The molecule has 11 heteroatoms. The van der Waals surface area contributed by atoms with Gasteiger partial charge in [0.05, 0.1) is 10.5 Å². The lowest BCUT2D eigenvalue weighted by atomic mass is 10.1. The fourth-order valence-electron chi connectivity index (χ4n) is 2.53. The largest absolute Gasteiger partial charge is 0.457 e. The van der Waals surface area contributed by atoms with Crippen molar-refractivity contribution in [1.29, 1.82) is 0 Å². The van der Waals surface area contributed by atoms with Gasteiger partial charge in [0, 0.05) is 24.6 Å². The van der Waals surface area contributed by atoms with Crippen LogP contribution in [0.15, 0.2) is 39.7 Å². The van der Waals surface area contributed by atoms with Gasteiger partial charge >= 0.3 is 6.18 Å². The number of hydrogen-bond donors (Lipinski definition) is 1. The Morgan fingerprint density at radius 1 is 1.28 bits per heavy atom. The minimum absolute atomic E-state index is 0.0346. The average Bonchev–Trinajstić information content (AvgIpc) is 3.18. The summed E-state index contributed by atoms with van der Waals surface area (Å²) in [6, 6.07) is 5.40. The average molecular weight is 444 g/mol. The second-order valence-corrected chi connectivity index (χ2v) is 7.62. The summed E-state index contributed by atoms with van der Waals surface area (Å²) in [5.41, 5.74) is 3.71. The zero-order valence-corrected chi connectivity index (χ0v) is 16.1. The normalized spacial score (nSPS) is 16.1. The molecule has 2 amide bonds. The first-order valence-corrected chi connectivity index (χ1v) is 9.29. The number of nitrogens with zero attached hydrogens (tertiary/aromatic N) is 1. The lowest BCUT2D eigenvalue weighted by molar-refractivity contribution is -0.140. The number of primary amides is 1. The van der Waals surface area contributed by atoms with Crippen LogP contribution in [0.4, 0.5) is 17.6 Å². The Bertz CT molecular complexity index is 1030. The molecule has 29 heavy (non-hydrogen) atoms. The summed E-state index contributed by atoms with van der Waals surface area (Å²) in [5, 5.41) is 0. The third-order valence-corrected chi connectivity index (χ3v) is 5.29. The van der Waals surface area contributed by atoms with E-state index < -0.39 is 29.4 Å². The molecule has 1 aromatic carbocycles. The SMILES string of the molecule is NC(=O)CCN1C(=O)C(=Cc2ccc(-c3ccc(F)c(C(F)(F)F)c3)o2)SC1=S. The van der Waals surface area contributed by atoms with Crippen molar-refractivity contribution in [2.45, 2.75) is 12.6 Å². The number of benzene rings is 1. The molecule has 2 heterocycles. The van der Waals surface area contributed by atoms with Gasteiger partial charge in [-0.1, -0.05) is 24.0 Å². The van der Waals surface area contributed by atoms with Gasteiger partial charge in [0.2, 0.25) is 5.91 Å². The van der Waals surface area contributed by atoms with Gasteiger partial charge in [0.25, 0.3) is 5.91 Å². The van der Waals surface area contributed by atoms with Crippen LogP contribution < -0.4 is 5.73 Å². The summed E-state index contributed by atoms with van der Waals surface area (Å²) in [4.78, 5) is 24.8. The zero-order valence-electron chi connectivity index (χ0n) is 14.5. The van der Waals surface area contributed by atoms with Crippen LogP contribution in [0.25, 0.3) is 17.4 Å². The van der Waals surface area contributed by atoms with Crippen LogP contribution in [0.1, 0.15) is 17.7 Å². The molecule has 1 saturated heterocycles. The molecule has 0 saturated carbocycles. The van der Waals surface area contributed by atoms with Crippen LogP contribution >= 0.6 is 24.0 Å². The monoisotopic (exact) mass is 444 g/mol. The molecule has 2 N–H and O–H groups in total. The maximum absolute atomic E-state index is 13.4. The number of carbonyl (C=O) groups is 2. The van der Waals surface area contributed by atoms with E-state index in [0.29, 0.717) is 12.1 Å². The third kappa shape index (κ3) is 4.67. The Hall–Kier alpha value is -2.66. The van der Waals surface area contributed by atoms with Gasteiger partial charge in [-0.25, -0.2) is 4.39 Å². The quantitative estimate of drug-likeness (QED) is 0.425. The highest BCUT2D eigenvalue weighted by molar-refractivity contribution is 8.26. The molecule has 0 aliphatic carbocycles. The number of furan rings is 1. The number of amides is 2. The molecule has 0 spiro atoms. The first-order chi connectivity index (χ1) is 13.6. The Labute approximate surface area is 171 Å². The van der Waals surface area contributed by atoms with E-state index in [1.165, 1.54) is 23.1 Å². The number of hydrogen-bond acceptors (Lipinski definition) is 5. The Balaban J connectivity index is 1.83. The maximum atomic E-state index is 13.4. The molecule has 0 radical (unpaired) electrons. The number of thiocarbonyl (C=S) groups is 1. The van der Waals surface area contributed by atoms with E-state index in [0.717, 1.165) is 17.8 Å². The summed E-state index contributed by atoms with van der Waals surface area (Å²) in [6.45, 7) is 0.0521. The molecule has 1 fully saturated rings. The van der Waals surface area contributed by atoms with Gasteiger partial charge in [-0.15, -0.1) is 0 Å². The van der Waals surface area contributed by atoms with Gasteiger partial charge < -0.3 is 10.2 Å². The van der Waals surface area contributed by atoms with Gasteiger partial charge in [-0.05, 0) is 30.3 Å². The molecule has 0 unspecified atom stereocenters. The number of nitrogens with two attached hydrogens (primary N) is 1. The van der Waals surface area contributed by atoms with Crippen molar-refractivity contribution in [2.24, 2.45) is 5.73 Å². The fourth-order valence-corrected chi connectivity index (χ4v) is 3.81. The Kier molecular flexibility index (Phi) is 5.80. The summed E-state index contributed by atoms with van der Waals surface area (Å²) in [5.74, 6) is -2.11. The summed E-state index contributed by atoms with van der Waals surface area (Å²) < 4.78 is 57.8. The predicted octanol–water partition coefficient (Wildman–Crippen LogP) is 4.18. The second-order valence-electron chi connectivity index (χ2n) is 5.94. The predicted molar refractivity (Wildman–Crippen MR) is 103 cm³/mol. The summed E-state index contributed by atoms with van der Waals surface area (Å²) >= 11 is 6.11. The lowest BCUT2D eigenvalue weighted by Gasteiger charge is -2.12. The molecule has 3 rings (SSSR count). The van der Waals surface area contributed by atoms with Crippen molar-refractivity contribution < 1.29 is 31.6 Å². The standard InChI is InChI=1S/C18H12F4N2O3S2/c19-12-3-1-9(7-11(12)18(20,21)22)13-4-2-10(27-13)8-14-16(26)24(17(28)29-14)6-5-15(23)25/h1-4,7-8H,5-6H2,(H2,23,25). The van der Waals surface area contributed by atoms with Crippen molar-refractivity contribution in [2.75, 3.05) is 6.54 Å². The molecule has 1 aromatic heterocycles. The highest BCUT2D eigenvalue weighted by Crippen LogP contribution is 2.36. The van der Waals surface area contributed by atoms with Gasteiger partial charge in [-0.3, -0.25) is 14.5 Å². The summed E-state index contributed by atoms with van der Waals surface area (Å²) in [7, 11) is 0. The molecule has 0 bridgehead atoms. The molecular weight excluding hydrogens is 432 g/mol. The number of thioether (sulfide) groups is 1. The summed E-state index contributed by atoms with van der Waals surface area (Å²) in [6.07, 6.45) is -3.49. The van der Waals surface area contributed by atoms with Crippen molar-refractivity contribution in [3.63, 3.8) is 0 Å². The van der Waals surface area contributed by atoms with Crippen molar-refractivity contribution in [3.8, 4) is 11.3 Å². The first-order valence-electron chi connectivity index (χ1n) is 8.07. The Morgan fingerprint density at radius 3 is 2.66 bits per heavy atom. The van der Waals surface area contributed by atoms with Crippen LogP contribution in [0, 0.1) is 5.82 Å². The number of carbonyl (C=O) groups excluding carboxylic acids is 2. The van der Waals surface area contributed by atoms with Crippen LogP contribution in [-0.4, -0.2) is 27.6 Å². The molecule has 1 aliphatic heterocycles. The number of rotatable bonds is 5. The highest BCUT2D eigenvalue weighted by atomic mass is 32.2. The van der Waals surface area contributed by atoms with E-state index in [9.17, 15) is 27.2 Å². The van der Waals surface area contributed by atoms with Crippen LogP contribution in [0.3, 0.4) is 0 Å². The van der Waals surface area contributed by atoms with Crippen LogP contribution in [0.5, 0.6) is 0 Å². The minimum Gasteiger partial charge on any atom is -0.457 e. The van der Waals surface area contributed by atoms with E-state index in [4.69, 9.17) is 22.4 Å². The van der Waals surface area contributed by atoms with E-state index in [2.05, 4.69) is 0 Å². The lowest BCUT2D eigenvalue weighted by Crippen LogP contribution is -2.31. The smallest absolute Gasteiger partial charge is 0.419 e. The third-order valence-electron chi connectivity index (χ3n) is 3.91. The van der Waals surface area contributed by atoms with Crippen molar-refractivity contribution in [3.05, 3.63) is 52.4 Å². The molecule has 0 atom stereocenters. The van der Waals surface area contributed by atoms with Gasteiger partial charge in [0.1, 0.15) is 21.7 Å². The number of halogens is 4. The fraction of sp³-hybridized carbons (Fsp3) is 0.167. The topological polar surface area (TPSA) is 76.5 Å². The van der Waals surface area contributed by atoms with E-state index in [-0.39, 0.29) is 39.3 Å². The Morgan fingerprint density at radius 2 is 2.00 bits per heavy atom. The molecule has 2 aromatic rings. The van der Waals surface area contributed by atoms with E-state index >= 15 is 0 Å². The molecular formula is C18H12F4N2O3S2. The maximum Gasteiger partial charge on any atom is 0.419 e. The van der Waals surface area contributed by atoms with Crippen LogP contribution in [0.2, 0.25) is 0 Å². The van der Waals surface area contributed by atoms with Gasteiger partial charge in [-0.2, -0.15) is 13.2 Å². The van der Waals surface area contributed by atoms with E-state index in [1.807, 2.05) is 0 Å². The molecule has 1 aliphatic rings. The molecule has 5 nitrogen and oxygen atoms in total. The molecule has 152 valence electrons. The first kappa shape index (κ1) is 21.1. The number of alkyl halides is 3. The van der Waals surface area contributed by atoms with Crippen molar-refractivity contribution in [1.82, 2.24) is 4.90 Å². The zero-order chi connectivity index (χ0) is 21.3. The van der Waals surface area contributed by atoms with Crippen LogP contribution in [-0.2, 0) is 15.8 Å². The van der Waals surface area contributed by atoms with E-state index in [1.54, 1.807) is 0 Å². The minimum atomic E-state index is -4.84. The second kappa shape index (κ2) is 7.99. The van der Waals surface area contributed by atoms with Crippen molar-refractivity contribution >= 4 is 46.2 Å². The highest BCUT2D eigenvalue weighted by Gasteiger charge is 2.35.